The standard InChI is InChI=1S/C20H17N3O/c1-14-5-10-19-22-18-12-15(6-8-16-4-2-3-11-21-16)7-9-17(18)20(24)23(19)13-14/h2-4,7,9,11-12,14H,5,10,13H2,1H3. The summed E-state index contributed by atoms with van der Waals surface area (Å²) in [4.78, 5) is 21.6. The molecule has 0 saturated heterocycles. The SMILES string of the molecule is CC1CCc2nc3cc(C#Cc4ccccn4)ccc3c(=O)n2C1. The zero-order chi connectivity index (χ0) is 16.5. The van der Waals surface area contributed by atoms with Gasteiger partial charge in [0.25, 0.3) is 5.56 Å². The minimum atomic E-state index is 0.0609. The molecule has 0 N–H and O–H groups in total. The molecule has 1 aromatic carbocycles. The van der Waals surface area contributed by atoms with Gasteiger partial charge in [0.1, 0.15) is 11.5 Å². The molecule has 4 rings (SSSR count). The van der Waals surface area contributed by atoms with Crippen molar-refractivity contribution in [1.29, 1.82) is 0 Å². The number of rotatable bonds is 0. The predicted molar refractivity (Wildman–Crippen MR) is 93.7 cm³/mol. The summed E-state index contributed by atoms with van der Waals surface area (Å²) in [5, 5.41) is 0.663. The Morgan fingerprint density at radius 2 is 2.12 bits per heavy atom. The van der Waals surface area contributed by atoms with Gasteiger partial charge in [0, 0.05) is 24.7 Å². The first kappa shape index (κ1) is 14.6. The van der Waals surface area contributed by atoms with E-state index < -0.39 is 0 Å². The zero-order valence-electron chi connectivity index (χ0n) is 13.5. The van der Waals surface area contributed by atoms with Gasteiger partial charge in [-0.1, -0.05) is 18.9 Å². The fourth-order valence-electron chi connectivity index (χ4n) is 3.08. The van der Waals surface area contributed by atoms with E-state index in [1.807, 2.05) is 41.0 Å². The van der Waals surface area contributed by atoms with E-state index in [2.05, 4.69) is 23.7 Å². The maximum Gasteiger partial charge on any atom is 0.261 e. The fraction of sp³-hybridized carbons (Fsp3) is 0.250. The van der Waals surface area contributed by atoms with E-state index in [0.717, 1.165) is 42.0 Å². The van der Waals surface area contributed by atoms with Gasteiger partial charge in [-0.05, 0) is 48.6 Å². The quantitative estimate of drug-likeness (QED) is 0.599. The lowest BCUT2D eigenvalue weighted by atomic mass is 10.0. The molecule has 118 valence electrons. The molecule has 3 aromatic rings. The molecule has 0 saturated carbocycles. The van der Waals surface area contributed by atoms with Crippen LogP contribution >= 0.6 is 0 Å². The van der Waals surface area contributed by atoms with Crippen LogP contribution in [0.5, 0.6) is 0 Å². The van der Waals surface area contributed by atoms with Crippen LogP contribution in [0.3, 0.4) is 0 Å². The second-order valence-electron chi connectivity index (χ2n) is 6.28. The lowest BCUT2D eigenvalue weighted by Gasteiger charge is -2.22. The number of hydrogen-bond donors (Lipinski definition) is 0. The summed E-state index contributed by atoms with van der Waals surface area (Å²) in [6.07, 6.45) is 3.66. The van der Waals surface area contributed by atoms with E-state index >= 15 is 0 Å². The van der Waals surface area contributed by atoms with E-state index in [0.29, 0.717) is 11.3 Å². The lowest BCUT2D eigenvalue weighted by Crippen LogP contribution is -2.31. The van der Waals surface area contributed by atoms with Crippen LogP contribution < -0.4 is 5.56 Å². The summed E-state index contributed by atoms with van der Waals surface area (Å²) in [5.41, 5.74) is 2.36. The Morgan fingerprint density at radius 3 is 2.96 bits per heavy atom. The molecule has 4 heteroatoms. The van der Waals surface area contributed by atoms with Gasteiger partial charge < -0.3 is 0 Å². The van der Waals surface area contributed by atoms with Crippen LogP contribution in [0.1, 0.15) is 30.4 Å². The monoisotopic (exact) mass is 315 g/mol. The highest BCUT2D eigenvalue weighted by molar-refractivity contribution is 5.79. The highest BCUT2D eigenvalue weighted by Gasteiger charge is 2.18. The van der Waals surface area contributed by atoms with Crippen molar-refractivity contribution in [2.45, 2.75) is 26.3 Å². The van der Waals surface area contributed by atoms with Crippen molar-refractivity contribution in [1.82, 2.24) is 14.5 Å². The number of hydrogen-bond acceptors (Lipinski definition) is 3. The molecule has 1 atom stereocenters. The fourth-order valence-corrected chi connectivity index (χ4v) is 3.08. The number of nitrogens with zero attached hydrogens (tertiary/aromatic N) is 3. The molecule has 0 aliphatic carbocycles. The van der Waals surface area contributed by atoms with Gasteiger partial charge in [0.15, 0.2) is 0 Å². The molecular weight excluding hydrogens is 298 g/mol. The number of aryl methyl sites for hydroxylation is 1. The van der Waals surface area contributed by atoms with Gasteiger partial charge in [-0.15, -0.1) is 0 Å². The third-order valence-corrected chi connectivity index (χ3v) is 4.39. The van der Waals surface area contributed by atoms with Gasteiger partial charge in [-0.2, -0.15) is 0 Å². The normalized spacial score (nSPS) is 16.3. The first-order valence-corrected chi connectivity index (χ1v) is 8.17. The van der Waals surface area contributed by atoms with Crippen LogP contribution in [0.25, 0.3) is 10.9 Å². The van der Waals surface area contributed by atoms with E-state index in [9.17, 15) is 4.79 Å². The second-order valence-corrected chi connectivity index (χ2v) is 6.28. The number of benzene rings is 1. The van der Waals surface area contributed by atoms with Crippen LogP contribution in [-0.4, -0.2) is 14.5 Å². The van der Waals surface area contributed by atoms with E-state index in [-0.39, 0.29) is 5.56 Å². The smallest absolute Gasteiger partial charge is 0.261 e. The zero-order valence-corrected chi connectivity index (χ0v) is 13.5. The highest BCUT2D eigenvalue weighted by atomic mass is 16.1. The third-order valence-electron chi connectivity index (χ3n) is 4.39. The molecule has 1 aliphatic rings. The second kappa shape index (κ2) is 5.93. The van der Waals surface area contributed by atoms with E-state index in [1.165, 1.54) is 0 Å². The molecule has 0 fully saturated rings. The van der Waals surface area contributed by atoms with E-state index in [1.54, 1.807) is 6.20 Å². The Hall–Kier alpha value is -2.93. The van der Waals surface area contributed by atoms with Crippen molar-refractivity contribution in [2.24, 2.45) is 5.92 Å². The van der Waals surface area contributed by atoms with E-state index in [4.69, 9.17) is 4.98 Å². The molecular formula is C20H17N3O. The topological polar surface area (TPSA) is 47.8 Å². The largest absolute Gasteiger partial charge is 0.296 e. The molecule has 4 nitrogen and oxygen atoms in total. The van der Waals surface area contributed by atoms with Gasteiger partial charge >= 0.3 is 0 Å². The molecule has 0 spiro atoms. The van der Waals surface area contributed by atoms with Gasteiger partial charge in [0.05, 0.1) is 10.9 Å². The third kappa shape index (κ3) is 2.69. The van der Waals surface area contributed by atoms with Crippen molar-refractivity contribution >= 4 is 10.9 Å². The van der Waals surface area contributed by atoms with Gasteiger partial charge in [-0.25, -0.2) is 9.97 Å². The van der Waals surface area contributed by atoms with Crippen LogP contribution in [0.15, 0.2) is 47.4 Å². The first-order valence-electron chi connectivity index (χ1n) is 8.17. The Bertz CT molecular complexity index is 1030. The number of fused-ring (bicyclic) bond motifs is 2. The van der Waals surface area contributed by atoms with Crippen LogP contribution in [0, 0.1) is 17.8 Å². The summed E-state index contributed by atoms with van der Waals surface area (Å²) >= 11 is 0. The molecule has 24 heavy (non-hydrogen) atoms. The predicted octanol–water partition coefficient (Wildman–Crippen LogP) is 2.77. The van der Waals surface area contributed by atoms with Gasteiger partial charge in [0.2, 0.25) is 0 Å². The lowest BCUT2D eigenvalue weighted by molar-refractivity contribution is 0.381. The highest BCUT2D eigenvalue weighted by Crippen LogP contribution is 2.19. The van der Waals surface area contributed by atoms with Crippen LogP contribution in [0.4, 0.5) is 0 Å². The van der Waals surface area contributed by atoms with Crippen molar-refractivity contribution in [3.05, 3.63) is 70.0 Å². The molecule has 2 aromatic heterocycles. The van der Waals surface area contributed by atoms with Crippen molar-refractivity contribution in [2.75, 3.05) is 0 Å². The number of aromatic nitrogens is 3. The molecule has 1 unspecified atom stereocenters. The number of pyridine rings is 1. The van der Waals surface area contributed by atoms with Crippen LogP contribution in [0.2, 0.25) is 0 Å². The molecule has 1 aliphatic heterocycles. The average molecular weight is 315 g/mol. The molecule has 0 bridgehead atoms. The molecule has 0 radical (unpaired) electrons. The van der Waals surface area contributed by atoms with Gasteiger partial charge in [-0.3, -0.25) is 9.36 Å². The minimum absolute atomic E-state index is 0.0609. The molecule has 0 amide bonds. The maximum atomic E-state index is 12.7. The minimum Gasteiger partial charge on any atom is -0.296 e. The summed E-state index contributed by atoms with van der Waals surface area (Å²) in [6.45, 7) is 2.94. The van der Waals surface area contributed by atoms with Crippen molar-refractivity contribution in [3.8, 4) is 11.8 Å². The maximum absolute atomic E-state index is 12.7. The van der Waals surface area contributed by atoms with Crippen molar-refractivity contribution in [3.63, 3.8) is 0 Å². The summed E-state index contributed by atoms with van der Waals surface area (Å²) in [6, 6.07) is 11.2. The van der Waals surface area contributed by atoms with Crippen LogP contribution in [-0.2, 0) is 13.0 Å². The van der Waals surface area contributed by atoms with Crippen molar-refractivity contribution < 1.29 is 0 Å². The Labute approximate surface area is 140 Å². The average Bonchev–Trinajstić information content (AvgIpc) is 2.61. The Morgan fingerprint density at radius 1 is 1.21 bits per heavy atom. The Balaban J connectivity index is 1.78. The first-order chi connectivity index (χ1) is 11.7. The molecule has 3 heterocycles. The summed E-state index contributed by atoms with van der Waals surface area (Å²) in [5.74, 6) is 7.55. The Kier molecular flexibility index (Phi) is 3.62. The summed E-state index contributed by atoms with van der Waals surface area (Å²) < 4.78 is 1.83. The summed E-state index contributed by atoms with van der Waals surface area (Å²) in [7, 11) is 0.